The molecule has 60 heavy (non-hydrogen) atoms. The lowest BCUT2D eigenvalue weighted by Gasteiger charge is -2.32. The lowest BCUT2D eigenvalue weighted by molar-refractivity contribution is -0.145. The Hall–Kier alpha value is -4.96. The summed E-state index contributed by atoms with van der Waals surface area (Å²) in [5.74, 6) is 0.0122. The van der Waals surface area contributed by atoms with E-state index in [1.54, 1.807) is 30.5 Å². The molecule has 0 spiro atoms. The van der Waals surface area contributed by atoms with Crippen molar-refractivity contribution < 1.29 is 37.3 Å². The fourth-order valence-corrected chi connectivity index (χ4v) is 9.26. The number of carboxylic acid groups (broad SMARTS) is 1. The third-order valence-electron chi connectivity index (χ3n) is 11.5. The summed E-state index contributed by atoms with van der Waals surface area (Å²) in [6.45, 7) is 5.95. The highest BCUT2D eigenvalue weighted by Gasteiger charge is 2.32. The molecule has 16 heteroatoms. The van der Waals surface area contributed by atoms with Gasteiger partial charge in [0.1, 0.15) is 31.3 Å². The molecular formula is C44H46ClF3N6O5S. The van der Waals surface area contributed by atoms with Crippen molar-refractivity contribution in [2.45, 2.75) is 70.9 Å². The normalized spacial score (nSPS) is 17.0. The fourth-order valence-electron chi connectivity index (χ4n) is 8.30. The Bertz CT molecular complexity index is 2440. The lowest BCUT2D eigenvalue weighted by atomic mass is 9.86. The van der Waals surface area contributed by atoms with Gasteiger partial charge in [-0.3, -0.25) is 14.6 Å². The van der Waals surface area contributed by atoms with Crippen LogP contribution in [0, 0.1) is 0 Å². The molecule has 4 heterocycles. The maximum atomic E-state index is 13.1. The molecule has 0 unspecified atom stereocenters. The van der Waals surface area contributed by atoms with E-state index in [1.165, 1.54) is 34.9 Å². The topological polar surface area (TPSA) is 115 Å². The number of aliphatic carboxylic acids is 1. The number of piperazine rings is 1. The molecule has 1 atom stereocenters. The van der Waals surface area contributed by atoms with Crippen LogP contribution >= 0.6 is 23.1 Å². The Morgan fingerprint density at radius 2 is 1.83 bits per heavy atom. The van der Waals surface area contributed by atoms with Crippen molar-refractivity contribution in [3.8, 4) is 22.9 Å². The Balaban J connectivity index is 1.12. The second-order valence-corrected chi connectivity index (χ2v) is 16.7. The van der Waals surface area contributed by atoms with Crippen LogP contribution in [-0.2, 0) is 41.9 Å². The molecule has 2 aromatic carbocycles. The fraction of sp³-hybridized carbons (Fsp3) is 0.409. The number of aryl methyl sites for hydroxylation is 1. The molecule has 11 nitrogen and oxygen atoms in total. The highest BCUT2D eigenvalue weighted by Crippen LogP contribution is 2.48. The molecule has 0 radical (unpaired) electrons. The molecule has 3 aromatic heterocycles. The number of rotatable bonds is 15. The first-order chi connectivity index (χ1) is 28.9. The van der Waals surface area contributed by atoms with Crippen LogP contribution in [0.1, 0.15) is 54.1 Å². The average molecular weight is 863 g/mol. The van der Waals surface area contributed by atoms with Crippen LogP contribution in [0.3, 0.4) is 0 Å². The van der Waals surface area contributed by atoms with Gasteiger partial charge in [0.2, 0.25) is 12.0 Å². The summed E-state index contributed by atoms with van der Waals surface area (Å²) in [6.07, 6.45) is 1.24. The monoisotopic (exact) mass is 862 g/mol. The predicted octanol–water partition coefficient (Wildman–Crippen LogP) is 8.54. The van der Waals surface area contributed by atoms with E-state index >= 15 is 0 Å². The number of para-hydroxylation sites is 1. The van der Waals surface area contributed by atoms with E-state index in [9.17, 15) is 23.1 Å². The summed E-state index contributed by atoms with van der Waals surface area (Å²) >= 11 is 8.35. The zero-order chi connectivity index (χ0) is 42.0. The number of allylic oxidation sites excluding steroid dienone is 4. The van der Waals surface area contributed by atoms with Gasteiger partial charge in [0.05, 0.1) is 26.5 Å². The van der Waals surface area contributed by atoms with Crippen LogP contribution < -0.4 is 9.47 Å². The van der Waals surface area contributed by atoms with Gasteiger partial charge >= 0.3 is 12.1 Å². The van der Waals surface area contributed by atoms with E-state index in [-0.39, 0.29) is 24.6 Å². The lowest BCUT2D eigenvalue weighted by Crippen LogP contribution is -2.45. The third-order valence-corrected chi connectivity index (χ3v) is 12.8. The van der Waals surface area contributed by atoms with Crippen molar-refractivity contribution in [1.29, 1.82) is 0 Å². The third kappa shape index (κ3) is 9.19. The SMILES string of the molecule is CC1=C(c2c(-c3cccc4c3CCC4)ncc3snc(O[C@H](Cc4ccccc4OCc4ccnn4CC(F)(F)F)C(=O)O)c23)CCC(OCCN2CCN(C)CC2)=C1Cl. The van der Waals surface area contributed by atoms with Crippen molar-refractivity contribution in [3.05, 3.63) is 105 Å². The number of alkyl halides is 3. The molecule has 316 valence electrons. The Kier molecular flexibility index (Phi) is 12.5. The number of halogens is 4. The Labute approximate surface area is 355 Å². The van der Waals surface area contributed by atoms with E-state index in [1.807, 2.05) is 6.92 Å². The molecule has 2 aliphatic carbocycles. The summed E-state index contributed by atoms with van der Waals surface area (Å²) in [7, 11) is 2.14. The second-order valence-electron chi connectivity index (χ2n) is 15.5. The first-order valence-corrected chi connectivity index (χ1v) is 21.3. The molecule has 1 fully saturated rings. The number of carboxylic acids is 1. The van der Waals surface area contributed by atoms with Crippen LogP contribution in [0.15, 0.2) is 77.3 Å². The van der Waals surface area contributed by atoms with Gasteiger partial charge < -0.3 is 24.2 Å². The van der Waals surface area contributed by atoms with Crippen LogP contribution in [-0.4, -0.2) is 98.7 Å². The van der Waals surface area contributed by atoms with Gasteiger partial charge in [-0.25, -0.2) is 4.79 Å². The Morgan fingerprint density at radius 1 is 1.02 bits per heavy atom. The van der Waals surface area contributed by atoms with E-state index in [4.69, 9.17) is 30.8 Å². The number of hydrogen-bond acceptors (Lipinski definition) is 10. The average Bonchev–Trinajstić information content (AvgIpc) is 3.99. The van der Waals surface area contributed by atoms with Crippen molar-refractivity contribution >= 4 is 44.8 Å². The first-order valence-electron chi connectivity index (χ1n) is 20.1. The first kappa shape index (κ1) is 41.8. The minimum absolute atomic E-state index is 0.114. The number of aromatic nitrogens is 4. The number of likely N-dealkylation sites (N-methyl/N-ethyl adjacent to an activating group) is 1. The van der Waals surface area contributed by atoms with Gasteiger partial charge in [0.15, 0.2) is 0 Å². The molecule has 1 N–H and O–H groups in total. The van der Waals surface area contributed by atoms with Crippen LogP contribution in [0.2, 0.25) is 0 Å². The highest BCUT2D eigenvalue weighted by atomic mass is 35.5. The largest absolute Gasteiger partial charge is 0.495 e. The standard InChI is InChI=1S/C44H46ClF3N6O5S/c1-27-31(13-14-35(40(27)45)57-22-21-53-19-17-52(2)18-20-53)38-39-37(24-49-41(38)33-11-6-9-28-8-5-10-32(28)33)60-51-42(39)59-36(43(55)56)23-29-7-3-4-12-34(29)58-25-30-15-16-50-54(30)26-44(46,47)48/h3-4,6-7,9,11-12,15-16,24,36H,5,8,10,13-14,17-23,25-26H2,1-2H3,(H,55,56)/t36-/m1/s1. The molecule has 0 bridgehead atoms. The van der Waals surface area contributed by atoms with Gasteiger partial charge in [-0.1, -0.05) is 48.0 Å². The number of hydrogen-bond donors (Lipinski definition) is 1. The van der Waals surface area contributed by atoms with E-state index in [2.05, 4.69) is 44.5 Å². The number of fused-ring (bicyclic) bond motifs is 2. The molecule has 1 saturated heterocycles. The van der Waals surface area contributed by atoms with E-state index in [0.717, 1.165) is 95.1 Å². The van der Waals surface area contributed by atoms with Gasteiger partial charge in [0, 0.05) is 69.1 Å². The van der Waals surface area contributed by atoms with Crippen molar-refractivity contribution in [2.75, 3.05) is 46.4 Å². The smallest absolute Gasteiger partial charge is 0.408 e. The summed E-state index contributed by atoms with van der Waals surface area (Å²) in [6, 6.07) is 14.6. The van der Waals surface area contributed by atoms with Gasteiger partial charge in [0.25, 0.3) is 0 Å². The van der Waals surface area contributed by atoms with Crippen molar-refractivity contribution in [1.82, 2.24) is 28.9 Å². The minimum atomic E-state index is -4.46. The van der Waals surface area contributed by atoms with Gasteiger partial charge in [-0.15, -0.1) is 0 Å². The number of benzene rings is 2. The molecule has 1 aliphatic heterocycles. The van der Waals surface area contributed by atoms with Crippen LogP contribution in [0.4, 0.5) is 13.2 Å². The zero-order valence-electron chi connectivity index (χ0n) is 33.4. The number of carbonyl (C=O) groups is 1. The van der Waals surface area contributed by atoms with Crippen molar-refractivity contribution in [2.24, 2.45) is 0 Å². The molecule has 0 saturated carbocycles. The quantitative estimate of drug-likeness (QED) is 0.110. The van der Waals surface area contributed by atoms with E-state index in [0.29, 0.717) is 41.2 Å². The van der Waals surface area contributed by atoms with Crippen LogP contribution in [0.25, 0.3) is 26.9 Å². The number of nitrogens with zero attached hydrogens (tertiary/aromatic N) is 6. The molecule has 0 amide bonds. The highest BCUT2D eigenvalue weighted by molar-refractivity contribution is 7.13. The van der Waals surface area contributed by atoms with E-state index < -0.39 is 24.8 Å². The Morgan fingerprint density at radius 3 is 2.63 bits per heavy atom. The molecular weight excluding hydrogens is 817 g/mol. The summed E-state index contributed by atoms with van der Waals surface area (Å²) in [5, 5.41) is 15.6. The summed E-state index contributed by atoms with van der Waals surface area (Å²) in [5.41, 5.74) is 7.68. The summed E-state index contributed by atoms with van der Waals surface area (Å²) in [4.78, 5) is 22.8. The predicted molar refractivity (Wildman–Crippen MR) is 224 cm³/mol. The minimum Gasteiger partial charge on any atom is -0.495 e. The zero-order valence-corrected chi connectivity index (χ0v) is 35.0. The van der Waals surface area contributed by atoms with Crippen molar-refractivity contribution in [3.63, 3.8) is 0 Å². The number of pyridine rings is 1. The molecule has 3 aliphatic rings. The number of ether oxygens (including phenoxy) is 3. The van der Waals surface area contributed by atoms with Gasteiger partial charge in [-0.05, 0) is 91.2 Å². The maximum absolute atomic E-state index is 13.1. The summed E-state index contributed by atoms with van der Waals surface area (Å²) < 4.78 is 64.4. The molecule has 5 aromatic rings. The second kappa shape index (κ2) is 17.9. The maximum Gasteiger partial charge on any atom is 0.408 e. The van der Waals surface area contributed by atoms with Crippen LogP contribution in [0.5, 0.6) is 11.6 Å². The molecule has 8 rings (SSSR count). The van der Waals surface area contributed by atoms with Gasteiger partial charge in [-0.2, -0.15) is 22.6 Å².